The zero-order valence-electron chi connectivity index (χ0n) is 25.6. The number of sulfone groups is 1. The Bertz CT molecular complexity index is 1660. The van der Waals surface area contributed by atoms with Gasteiger partial charge in [-0.05, 0) is 53.9 Å². The first-order valence-electron chi connectivity index (χ1n) is 14.3. The lowest BCUT2D eigenvalue weighted by Crippen LogP contribution is -2.57. The summed E-state index contributed by atoms with van der Waals surface area (Å²) in [5, 5.41) is 0. The second-order valence-corrected chi connectivity index (χ2v) is 13.5. The summed E-state index contributed by atoms with van der Waals surface area (Å²) in [6, 6.07) is 10.00. The first-order valence-corrected chi connectivity index (χ1v) is 16.2. The molecule has 3 aromatic rings. The number of piperazine rings is 1. The molecule has 1 aromatic heterocycles. The maximum Gasteiger partial charge on any atom is 0.416 e. The van der Waals surface area contributed by atoms with Crippen LogP contribution in [0.15, 0.2) is 65.7 Å². The van der Waals surface area contributed by atoms with Gasteiger partial charge in [0, 0.05) is 82.0 Å². The van der Waals surface area contributed by atoms with Crippen molar-refractivity contribution in [3.05, 3.63) is 94.3 Å². The Kier molecular flexibility index (Phi) is 14.2. The number of pyridine rings is 1. The van der Waals surface area contributed by atoms with Crippen LogP contribution < -0.4 is 0 Å². The first kappa shape index (κ1) is 41.6. The van der Waals surface area contributed by atoms with Crippen molar-refractivity contribution in [3.8, 4) is 0 Å². The van der Waals surface area contributed by atoms with Crippen LogP contribution in [0.2, 0.25) is 0 Å². The summed E-state index contributed by atoms with van der Waals surface area (Å²) in [5.74, 6) is -0.775. The molecular formula is C31H35Cl3F6N4O3S. The number of hydrogen-bond donors (Lipinski definition) is 0. The van der Waals surface area contributed by atoms with E-state index in [0.717, 1.165) is 61.8 Å². The van der Waals surface area contributed by atoms with E-state index in [1.54, 1.807) is 6.20 Å². The van der Waals surface area contributed by atoms with Gasteiger partial charge in [0.2, 0.25) is 0 Å². The average molecular weight is 764 g/mol. The zero-order valence-corrected chi connectivity index (χ0v) is 28.9. The molecule has 7 nitrogen and oxygen atoms in total. The van der Waals surface area contributed by atoms with Gasteiger partial charge in [0.15, 0.2) is 9.84 Å². The van der Waals surface area contributed by atoms with Crippen LogP contribution in [0.5, 0.6) is 0 Å². The van der Waals surface area contributed by atoms with Crippen molar-refractivity contribution in [1.82, 2.24) is 19.7 Å². The Hall–Kier alpha value is -2.62. The molecule has 0 aliphatic carbocycles. The summed E-state index contributed by atoms with van der Waals surface area (Å²) in [5.41, 5.74) is 0.260. The van der Waals surface area contributed by atoms with Crippen LogP contribution in [-0.4, -0.2) is 85.6 Å². The number of fused-ring (bicyclic) bond motifs is 1. The van der Waals surface area contributed by atoms with Crippen molar-refractivity contribution in [2.24, 2.45) is 0 Å². The average Bonchev–Trinajstić information content (AvgIpc) is 2.98. The molecule has 2 aliphatic rings. The molecule has 1 fully saturated rings. The molecule has 0 bridgehead atoms. The quantitative estimate of drug-likeness (QED) is 0.267. The maximum absolute atomic E-state index is 13.8. The van der Waals surface area contributed by atoms with Gasteiger partial charge in [-0.2, -0.15) is 26.3 Å². The monoisotopic (exact) mass is 762 g/mol. The zero-order chi connectivity index (χ0) is 32.6. The van der Waals surface area contributed by atoms with E-state index in [1.165, 1.54) is 17.0 Å². The summed E-state index contributed by atoms with van der Waals surface area (Å²) < 4.78 is 105. The molecule has 0 spiro atoms. The highest BCUT2D eigenvalue weighted by molar-refractivity contribution is 7.90. The minimum absolute atomic E-state index is 0. The van der Waals surface area contributed by atoms with Gasteiger partial charge in [0.05, 0.1) is 16.0 Å². The van der Waals surface area contributed by atoms with Crippen molar-refractivity contribution in [3.63, 3.8) is 0 Å². The molecule has 0 N–H and O–H groups in total. The second kappa shape index (κ2) is 16.4. The smallest absolute Gasteiger partial charge is 0.333 e. The molecular weight excluding hydrogens is 729 g/mol. The highest BCUT2D eigenvalue weighted by Crippen LogP contribution is 2.33. The Balaban J connectivity index is 0.00000267. The topological polar surface area (TPSA) is 73.8 Å². The van der Waals surface area contributed by atoms with Crippen LogP contribution in [0.4, 0.5) is 26.3 Å². The fraction of sp³-hybridized carbons (Fsp3) is 0.419. The minimum Gasteiger partial charge on any atom is -0.333 e. The Morgan fingerprint density at radius 2 is 1.50 bits per heavy atom. The molecule has 17 heteroatoms. The van der Waals surface area contributed by atoms with E-state index in [0.29, 0.717) is 37.3 Å². The molecule has 2 aliphatic heterocycles. The third kappa shape index (κ3) is 10.2. The minimum atomic E-state index is -4.89. The largest absolute Gasteiger partial charge is 0.416 e. The molecule has 2 aromatic carbocycles. The maximum atomic E-state index is 13.8. The van der Waals surface area contributed by atoms with Crippen LogP contribution >= 0.6 is 37.2 Å². The fourth-order valence-corrected chi connectivity index (χ4v) is 6.51. The number of alkyl halides is 6. The predicted molar refractivity (Wildman–Crippen MR) is 176 cm³/mol. The number of amides is 1. The number of carbonyl (C=O) groups is 1. The van der Waals surface area contributed by atoms with Gasteiger partial charge in [-0.3, -0.25) is 19.6 Å². The van der Waals surface area contributed by atoms with Crippen molar-refractivity contribution in [1.29, 1.82) is 0 Å². The lowest BCUT2D eigenvalue weighted by atomic mass is 9.99. The van der Waals surface area contributed by atoms with Gasteiger partial charge < -0.3 is 4.90 Å². The highest BCUT2D eigenvalue weighted by Gasteiger charge is 2.36. The number of halogens is 9. The van der Waals surface area contributed by atoms with Gasteiger partial charge in [-0.25, -0.2) is 8.42 Å². The number of benzene rings is 2. The highest BCUT2D eigenvalue weighted by atomic mass is 35.5. The third-order valence-corrected chi connectivity index (χ3v) is 9.36. The molecule has 5 rings (SSSR count). The number of nitrogens with zero attached hydrogens (tertiary/aromatic N) is 4. The van der Waals surface area contributed by atoms with Gasteiger partial charge in [0.1, 0.15) is 0 Å². The van der Waals surface area contributed by atoms with E-state index in [2.05, 4.69) is 14.8 Å². The Labute approximate surface area is 293 Å². The molecule has 1 saturated heterocycles. The fourth-order valence-electron chi connectivity index (χ4n) is 5.83. The summed E-state index contributed by atoms with van der Waals surface area (Å²) in [4.78, 5) is 23.4. The second-order valence-electron chi connectivity index (χ2n) is 11.5. The molecule has 266 valence electrons. The van der Waals surface area contributed by atoms with Crippen molar-refractivity contribution < 1.29 is 39.6 Å². The number of rotatable bonds is 7. The Morgan fingerprint density at radius 3 is 2.12 bits per heavy atom. The van der Waals surface area contributed by atoms with Gasteiger partial charge in [-0.1, -0.05) is 18.2 Å². The van der Waals surface area contributed by atoms with E-state index in [9.17, 15) is 39.6 Å². The van der Waals surface area contributed by atoms with E-state index in [-0.39, 0.29) is 50.2 Å². The van der Waals surface area contributed by atoms with Crippen LogP contribution in [0, 0.1) is 0 Å². The number of carbonyl (C=O) groups excluding carboxylic acids is 1. The summed E-state index contributed by atoms with van der Waals surface area (Å²) in [6.07, 6.45) is -5.90. The molecule has 0 radical (unpaired) electrons. The summed E-state index contributed by atoms with van der Waals surface area (Å²) in [6.45, 7) is 3.82. The molecule has 48 heavy (non-hydrogen) atoms. The van der Waals surface area contributed by atoms with Crippen molar-refractivity contribution in [2.75, 3.05) is 45.5 Å². The van der Waals surface area contributed by atoms with Crippen LogP contribution in [0.25, 0.3) is 0 Å². The molecule has 3 heterocycles. The van der Waals surface area contributed by atoms with Crippen LogP contribution in [-0.2, 0) is 41.6 Å². The SMILES string of the molecule is CS(=O)(=O)c1cc(C(=O)N2CCN(CCN3CCc4ncccc4C3)C[C@H]2Cc2ccc(C(F)(F)F)cc2)cc(C(F)(F)F)c1.Cl.Cl.Cl. The van der Waals surface area contributed by atoms with Crippen LogP contribution in [0.3, 0.4) is 0 Å². The number of aromatic nitrogens is 1. The summed E-state index contributed by atoms with van der Waals surface area (Å²) >= 11 is 0. The van der Waals surface area contributed by atoms with Gasteiger partial charge in [-0.15, -0.1) is 37.2 Å². The number of hydrogen-bond acceptors (Lipinski definition) is 6. The molecule has 1 atom stereocenters. The normalized spacial score (nSPS) is 17.4. The molecule has 1 amide bonds. The molecule has 0 unspecified atom stereocenters. The summed E-state index contributed by atoms with van der Waals surface area (Å²) in [7, 11) is -4.08. The van der Waals surface area contributed by atoms with E-state index in [1.807, 2.05) is 12.1 Å². The van der Waals surface area contributed by atoms with E-state index >= 15 is 0 Å². The van der Waals surface area contributed by atoms with Crippen molar-refractivity contribution in [2.45, 2.75) is 42.7 Å². The van der Waals surface area contributed by atoms with Crippen LogP contribution in [0.1, 0.15) is 38.3 Å². The van der Waals surface area contributed by atoms with Gasteiger partial charge >= 0.3 is 12.4 Å². The Morgan fingerprint density at radius 1 is 0.854 bits per heavy atom. The molecule has 0 saturated carbocycles. The van der Waals surface area contributed by atoms with Crippen molar-refractivity contribution >= 4 is 53.0 Å². The standard InChI is InChI=1S/C31H32F6N4O3S.3ClH/c1-45(43,44)27-17-23(16-25(18-27)31(35,36)37)29(42)41-14-13-40(12-11-39-10-8-28-22(19-39)3-2-9-38-28)20-26(41)15-21-4-6-24(7-5-21)30(32,33)34;;;/h2-7,9,16-18,26H,8,10-15,19-20H2,1H3;3*1H/t26-;;;/m1.../s1. The van der Waals surface area contributed by atoms with E-state index < -0.39 is 55.7 Å². The van der Waals surface area contributed by atoms with E-state index in [4.69, 9.17) is 0 Å². The lowest BCUT2D eigenvalue weighted by Gasteiger charge is -2.42. The third-order valence-electron chi connectivity index (χ3n) is 8.27. The first-order chi connectivity index (χ1) is 21.1. The predicted octanol–water partition coefficient (Wildman–Crippen LogP) is 6.22. The van der Waals surface area contributed by atoms with Gasteiger partial charge in [0.25, 0.3) is 5.91 Å². The lowest BCUT2D eigenvalue weighted by molar-refractivity contribution is -0.138.